The van der Waals surface area contributed by atoms with Crippen molar-refractivity contribution in [2.75, 3.05) is 5.73 Å². The third kappa shape index (κ3) is 1.46. The van der Waals surface area contributed by atoms with E-state index < -0.39 is 0 Å². The minimum Gasteiger partial charge on any atom is -0.369 e. The molecule has 0 radical (unpaired) electrons. The van der Waals surface area contributed by atoms with E-state index in [1.54, 1.807) is 11.3 Å². The standard InChI is InChI=1S/C9H10BrN3S/c1-5-8(12-9(11)13(5)2)7-3-6(10)4-14-7/h3-4H,1-2H3,(H2,11,12). The van der Waals surface area contributed by atoms with Gasteiger partial charge in [0.25, 0.3) is 0 Å². The Bertz CT molecular complexity index is 472. The van der Waals surface area contributed by atoms with Crippen molar-refractivity contribution in [1.29, 1.82) is 0 Å². The fourth-order valence-corrected chi connectivity index (χ4v) is 2.74. The zero-order chi connectivity index (χ0) is 10.3. The smallest absolute Gasteiger partial charge is 0.200 e. The van der Waals surface area contributed by atoms with Crippen LogP contribution < -0.4 is 5.73 Å². The van der Waals surface area contributed by atoms with E-state index >= 15 is 0 Å². The Balaban J connectivity index is 2.57. The van der Waals surface area contributed by atoms with E-state index in [4.69, 9.17) is 5.73 Å². The van der Waals surface area contributed by atoms with Crippen molar-refractivity contribution >= 4 is 33.2 Å². The number of imidazole rings is 1. The number of rotatable bonds is 1. The molecule has 2 rings (SSSR count). The molecule has 14 heavy (non-hydrogen) atoms. The third-order valence-electron chi connectivity index (χ3n) is 2.22. The Morgan fingerprint density at radius 1 is 1.57 bits per heavy atom. The van der Waals surface area contributed by atoms with Crippen LogP contribution in [0.25, 0.3) is 10.6 Å². The Morgan fingerprint density at radius 2 is 2.29 bits per heavy atom. The average Bonchev–Trinajstić information content (AvgIpc) is 2.66. The monoisotopic (exact) mass is 271 g/mol. The van der Waals surface area contributed by atoms with Crippen molar-refractivity contribution in [2.24, 2.45) is 7.05 Å². The van der Waals surface area contributed by atoms with Crippen molar-refractivity contribution < 1.29 is 0 Å². The van der Waals surface area contributed by atoms with Crippen molar-refractivity contribution in [3.63, 3.8) is 0 Å². The molecule has 3 nitrogen and oxygen atoms in total. The predicted octanol–water partition coefficient (Wildman–Crippen LogP) is 2.80. The Morgan fingerprint density at radius 3 is 2.71 bits per heavy atom. The van der Waals surface area contributed by atoms with Gasteiger partial charge in [0.15, 0.2) is 0 Å². The van der Waals surface area contributed by atoms with Gasteiger partial charge in [-0.15, -0.1) is 11.3 Å². The highest BCUT2D eigenvalue weighted by molar-refractivity contribution is 9.10. The van der Waals surface area contributed by atoms with Gasteiger partial charge < -0.3 is 10.3 Å². The van der Waals surface area contributed by atoms with Crippen LogP contribution in [-0.4, -0.2) is 9.55 Å². The van der Waals surface area contributed by atoms with Gasteiger partial charge in [-0.3, -0.25) is 0 Å². The summed E-state index contributed by atoms with van der Waals surface area (Å²) in [6.45, 7) is 2.02. The van der Waals surface area contributed by atoms with Crippen LogP contribution in [0.3, 0.4) is 0 Å². The summed E-state index contributed by atoms with van der Waals surface area (Å²) in [4.78, 5) is 5.46. The van der Waals surface area contributed by atoms with Gasteiger partial charge in [0.05, 0.1) is 4.88 Å². The van der Waals surface area contributed by atoms with E-state index in [1.165, 1.54) is 0 Å². The second-order valence-electron chi connectivity index (χ2n) is 3.09. The highest BCUT2D eigenvalue weighted by Crippen LogP contribution is 2.31. The van der Waals surface area contributed by atoms with Crippen LogP contribution in [0.1, 0.15) is 5.69 Å². The zero-order valence-corrected chi connectivity index (χ0v) is 10.3. The highest BCUT2D eigenvalue weighted by Gasteiger charge is 2.12. The summed E-state index contributed by atoms with van der Waals surface area (Å²) >= 11 is 5.08. The van der Waals surface area contributed by atoms with Crippen LogP contribution >= 0.6 is 27.3 Å². The van der Waals surface area contributed by atoms with Gasteiger partial charge in [0.1, 0.15) is 5.69 Å². The van der Waals surface area contributed by atoms with E-state index in [0.717, 1.165) is 20.7 Å². The van der Waals surface area contributed by atoms with E-state index in [2.05, 4.69) is 27.0 Å². The molecule has 0 aliphatic heterocycles. The normalized spacial score (nSPS) is 10.8. The summed E-state index contributed by atoms with van der Waals surface area (Å²) in [5.41, 5.74) is 7.80. The lowest BCUT2D eigenvalue weighted by atomic mass is 10.3. The first kappa shape index (κ1) is 9.73. The van der Waals surface area contributed by atoms with Gasteiger partial charge in [0, 0.05) is 22.6 Å². The van der Waals surface area contributed by atoms with Crippen molar-refractivity contribution in [1.82, 2.24) is 9.55 Å². The first-order valence-corrected chi connectivity index (χ1v) is 5.80. The van der Waals surface area contributed by atoms with Gasteiger partial charge in [-0.25, -0.2) is 4.98 Å². The molecule has 0 saturated carbocycles. The summed E-state index contributed by atoms with van der Waals surface area (Å²) in [7, 11) is 1.92. The molecule has 0 bridgehead atoms. The van der Waals surface area contributed by atoms with Gasteiger partial charge in [-0.05, 0) is 28.9 Å². The van der Waals surface area contributed by atoms with Crippen LogP contribution in [0.5, 0.6) is 0 Å². The van der Waals surface area contributed by atoms with E-state index in [9.17, 15) is 0 Å². The van der Waals surface area contributed by atoms with Crippen LogP contribution in [0.2, 0.25) is 0 Å². The highest BCUT2D eigenvalue weighted by atomic mass is 79.9. The second kappa shape index (κ2) is 3.40. The first-order valence-electron chi connectivity index (χ1n) is 4.13. The van der Waals surface area contributed by atoms with E-state index in [-0.39, 0.29) is 0 Å². The van der Waals surface area contributed by atoms with Crippen LogP contribution in [0, 0.1) is 6.92 Å². The zero-order valence-electron chi connectivity index (χ0n) is 7.91. The van der Waals surface area contributed by atoms with Gasteiger partial charge in [-0.1, -0.05) is 0 Å². The molecule has 74 valence electrons. The Hall–Kier alpha value is -0.810. The molecule has 0 atom stereocenters. The number of hydrogen-bond donors (Lipinski definition) is 1. The minimum absolute atomic E-state index is 0.557. The molecular formula is C9H10BrN3S. The summed E-state index contributed by atoms with van der Waals surface area (Å²) in [6, 6.07) is 2.06. The molecule has 0 aromatic carbocycles. The molecule has 2 heterocycles. The largest absolute Gasteiger partial charge is 0.369 e. The molecule has 0 aliphatic rings. The number of nitrogens with zero attached hydrogens (tertiary/aromatic N) is 2. The van der Waals surface area contributed by atoms with Gasteiger partial charge in [-0.2, -0.15) is 0 Å². The van der Waals surface area contributed by atoms with E-state index in [0.29, 0.717) is 5.95 Å². The SMILES string of the molecule is Cc1c(-c2cc(Br)cs2)nc(N)n1C. The van der Waals surface area contributed by atoms with Crippen molar-refractivity contribution in [2.45, 2.75) is 6.92 Å². The molecule has 2 N–H and O–H groups in total. The molecule has 0 amide bonds. The van der Waals surface area contributed by atoms with Crippen LogP contribution in [0.15, 0.2) is 15.9 Å². The van der Waals surface area contributed by atoms with Crippen LogP contribution in [0.4, 0.5) is 5.95 Å². The molecule has 0 aliphatic carbocycles. The lowest BCUT2D eigenvalue weighted by Crippen LogP contribution is -1.97. The minimum atomic E-state index is 0.557. The number of halogens is 1. The van der Waals surface area contributed by atoms with Crippen molar-refractivity contribution in [3.8, 4) is 10.6 Å². The molecule has 5 heteroatoms. The number of hydrogen-bond acceptors (Lipinski definition) is 3. The lowest BCUT2D eigenvalue weighted by molar-refractivity contribution is 0.889. The second-order valence-corrected chi connectivity index (χ2v) is 4.92. The quantitative estimate of drug-likeness (QED) is 0.867. The third-order valence-corrected chi connectivity index (χ3v) is 3.91. The predicted molar refractivity (Wildman–Crippen MR) is 63.4 cm³/mol. The molecule has 2 aromatic heterocycles. The summed E-state index contributed by atoms with van der Waals surface area (Å²) in [5.74, 6) is 0.557. The maximum atomic E-state index is 5.73. The summed E-state index contributed by atoms with van der Waals surface area (Å²) in [6.07, 6.45) is 0. The Labute approximate surface area is 94.7 Å². The average molecular weight is 272 g/mol. The number of aromatic nitrogens is 2. The number of nitrogens with two attached hydrogens (primary N) is 1. The number of anilines is 1. The molecule has 2 aromatic rings. The number of thiophene rings is 1. The molecular weight excluding hydrogens is 262 g/mol. The molecule has 0 spiro atoms. The van der Waals surface area contributed by atoms with Crippen LogP contribution in [-0.2, 0) is 7.05 Å². The van der Waals surface area contributed by atoms with E-state index in [1.807, 2.05) is 23.9 Å². The molecule has 0 saturated heterocycles. The fraction of sp³-hybridized carbons (Fsp3) is 0.222. The maximum Gasteiger partial charge on any atom is 0.200 e. The Kier molecular flexibility index (Phi) is 2.36. The number of nitrogen functional groups attached to an aromatic ring is 1. The first-order chi connectivity index (χ1) is 6.59. The van der Waals surface area contributed by atoms with Gasteiger partial charge >= 0.3 is 0 Å². The van der Waals surface area contributed by atoms with Crippen molar-refractivity contribution in [3.05, 3.63) is 21.6 Å². The summed E-state index contributed by atoms with van der Waals surface area (Å²) < 4.78 is 2.98. The maximum absolute atomic E-state index is 5.73. The molecule has 0 fully saturated rings. The lowest BCUT2D eigenvalue weighted by Gasteiger charge is -1.96. The van der Waals surface area contributed by atoms with Gasteiger partial charge in [0.2, 0.25) is 5.95 Å². The fourth-order valence-electron chi connectivity index (χ4n) is 1.27. The summed E-state index contributed by atoms with van der Waals surface area (Å²) in [5, 5.41) is 2.04. The molecule has 0 unspecified atom stereocenters. The topological polar surface area (TPSA) is 43.8 Å².